The van der Waals surface area contributed by atoms with E-state index in [-0.39, 0.29) is 30.6 Å². The quantitative estimate of drug-likeness (QED) is 0.182. The number of hydrogen-bond donors (Lipinski definition) is 2. The molecule has 0 bridgehead atoms. The number of benzene rings is 4. The van der Waals surface area contributed by atoms with Crippen LogP contribution in [0, 0.1) is 5.92 Å². The average Bonchev–Trinajstić information content (AvgIpc) is 3.56. The Morgan fingerprint density at radius 3 is 2.36 bits per heavy atom. The molecule has 0 saturated carbocycles. The third-order valence-corrected chi connectivity index (χ3v) is 8.99. The number of rotatable bonds is 10. The molecule has 1 amide bonds. The van der Waals surface area contributed by atoms with E-state index in [9.17, 15) is 9.90 Å². The number of tetrazole rings is 1. The molecule has 4 aromatic carbocycles. The van der Waals surface area contributed by atoms with Crippen molar-refractivity contribution in [3.8, 4) is 16.8 Å². The molecule has 5 aromatic rings. The summed E-state index contributed by atoms with van der Waals surface area (Å²) in [5.74, 6) is 0.578. The van der Waals surface area contributed by atoms with Crippen LogP contribution in [-0.2, 0) is 27.4 Å². The maximum Gasteiger partial charge on any atom is 0.217 e. The van der Waals surface area contributed by atoms with E-state index in [0.29, 0.717) is 17.5 Å². The van der Waals surface area contributed by atoms with Crippen molar-refractivity contribution in [1.29, 1.82) is 0 Å². The zero-order valence-electron chi connectivity index (χ0n) is 25.1. The Labute approximate surface area is 266 Å². The molecule has 1 aromatic heterocycles. The average molecular weight is 622 g/mol. The number of thioether (sulfide) groups is 1. The van der Waals surface area contributed by atoms with E-state index in [0.717, 1.165) is 39.1 Å². The van der Waals surface area contributed by atoms with Crippen LogP contribution in [0.3, 0.4) is 0 Å². The van der Waals surface area contributed by atoms with Gasteiger partial charge in [-0.3, -0.25) is 4.79 Å². The van der Waals surface area contributed by atoms with Crippen LogP contribution in [-0.4, -0.2) is 43.1 Å². The highest BCUT2D eigenvalue weighted by Gasteiger charge is 2.38. The summed E-state index contributed by atoms with van der Waals surface area (Å²) in [5, 5.41) is 25.5. The lowest BCUT2D eigenvalue weighted by atomic mass is 9.91. The third-order valence-electron chi connectivity index (χ3n) is 7.98. The summed E-state index contributed by atoms with van der Waals surface area (Å²) in [5.41, 5.74) is 6.82. The van der Waals surface area contributed by atoms with Gasteiger partial charge in [0.25, 0.3) is 0 Å². The molecule has 10 heteroatoms. The first kappa shape index (κ1) is 30.7. The summed E-state index contributed by atoms with van der Waals surface area (Å²) < 4.78 is 15.0. The van der Waals surface area contributed by atoms with Crippen LogP contribution in [0.5, 0.6) is 0 Å². The molecule has 45 heavy (non-hydrogen) atoms. The fourth-order valence-corrected chi connectivity index (χ4v) is 6.52. The van der Waals surface area contributed by atoms with Crippen molar-refractivity contribution in [2.75, 3.05) is 5.75 Å². The number of aliphatic hydroxyl groups excluding tert-OH is 1. The van der Waals surface area contributed by atoms with Gasteiger partial charge in [-0.2, -0.15) is 4.68 Å². The first-order chi connectivity index (χ1) is 22.0. The first-order valence-electron chi connectivity index (χ1n) is 14.9. The number of ether oxygens (including phenoxy) is 2. The van der Waals surface area contributed by atoms with Gasteiger partial charge in [-0.15, -0.1) is 5.10 Å². The van der Waals surface area contributed by atoms with E-state index in [1.807, 2.05) is 84.9 Å². The molecular weight excluding hydrogens is 586 g/mol. The Kier molecular flexibility index (Phi) is 9.66. The van der Waals surface area contributed by atoms with E-state index < -0.39 is 6.29 Å². The van der Waals surface area contributed by atoms with Crippen molar-refractivity contribution in [2.45, 2.75) is 50.7 Å². The molecule has 1 saturated heterocycles. The standard InChI is InChI=1S/C35H35N5O4S/c1-23-32(22-45-35-37-38-39-40(35)30-9-4-3-5-10-30)43-34(44-33(23)27-14-12-25(21-41)13-15-27)28-18-16-26(17-19-28)31-11-7-6-8-29(31)20-36-24(2)42/h3-19,23,32-34,41H,20-22H2,1-2H3,(H,36,42)/t23-,32+,33+,34+/m1/s1. The number of amides is 1. The van der Waals surface area contributed by atoms with Crippen molar-refractivity contribution in [2.24, 2.45) is 5.92 Å². The fraction of sp³-hybridized carbons (Fsp3) is 0.257. The summed E-state index contributed by atoms with van der Waals surface area (Å²) >= 11 is 1.55. The van der Waals surface area contributed by atoms with E-state index in [4.69, 9.17) is 9.47 Å². The predicted octanol–water partition coefficient (Wildman–Crippen LogP) is 6.04. The number of aliphatic hydroxyl groups is 1. The summed E-state index contributed by atoms with van der Waals surface area (Å²) in [4.78, 5) is 11.5. The Morgan fingerprint density at radius 1 is 0.911 bits per heavy atom. The lowest BCUT2D eigenvalue weighted by Crippen LogP contribution is -2.38. The Morgan fingerprint density at radius 2 is 1.62 bits per heavy atom. The number of carbonyl (C=O) groups excluding carboxylic acids is 1. The fourth-order valence-electron chi connectivity index (χ4n) is 5.46. The van der Waals surface area contributed by atoms with Crippen LogP contribution in [0.15, 0.2) is 108 Å². The number of nitrogens with zero attached hydrogens (tertiary/aromatic N) is 4. The van der Waals surface area contributed by atoms with Gasteiger partial charge in [0.1, 0.15) is 0 Å². The summed E-state index contributed by atoms with van der Waals surface area (Å²) in [6.07, 6.45) is -0.997. The Bertz CT molecular complexity index is 1710. The van der Waals surface area contributed by atoms with Gasteiger partial charge in [-0.25, -0.2) is 0 Å². The number of carbonyl (C=O) groups is 1. The maximum absolute atomic E-state index is 11.5. The molecule has 9 nitrogen and oxygen atoms in total. The molecule has 0 unspecified atom stereocenters. The highest BCUT2D eigenvalue weighted by molar-refractivity contribution is 7.99. The molecule has 1 aliphatic rings. The highest BCUT2D eigenvalue weighted by atomic mass is 32.2. The number of nitrogens with one attached hydrogen (secondary N) is 1. The Balaban J connectivity index is 1.25. The van der Waals surface area contributed by atoms with Gasteiger partial charge in [-0.1, -0.05) is 110 Å². The normalized spacial score (nSPS) is 19.7. The molecule has 2 N–H and O–H groups in total. The van der Waals surface area contributed by atoms with Crippen molar-refractivity contribution in [3.05, 3.63) is 125 Å². The Hall–Kier alpha value is -4.35. The summed E-state index contributed by atoms with van der Waals surface area (Å²) in [7, 11) is 0. The molecule has 0 aliphatic carbocycles. The lowest BCUT2D eigenvalue weighted by molar-refractivity contribution is -0.268. The molecule has 6 rings (SSSR count). The largest absolute Gasteiger partial charge is 0.392 e. The van der Waals surface area contributed by atoms with Gasteiger partial charge in [0.05, 0.1) is 24.5 Å². The second kappa shape index (κ2) is 14.2. The second-order valence-corrected chi connectivity index (χ2v) is 12.0. The van der Waals surface area contributed by atoms with Crippen molar-refractivity contribution in [3.63, 3.8) is 0 Å². The molecule has 230 valence electrons. The van der Waals surface area contributed by atoms with Crippen LogP contribution in [0.1, 0.15) is 48.5 Å². The van der Waals surface area contributed by atoms with Gasteiger partial charge in [0, 0.05) is 30.7 Å². The molecular formula is C35H35N5O4S. The third kappa shape index (κ3) is 7.15. The van der Waals surface area contributed by atoms with Gasteiger partial charge < -0.3 is 19.9 Å². The van der Waals surface area contributed by atoms with E-state index in [2.05, 4.69) is 46.0 Å². The van der Waals surface area contributed by atoms with E-state index >= 15 is 0 Å². The number of para-hydroxylation sites is 1. The van der Waals surface area contributed by atoms with Gasteiger partial charge >= 0.3 is 0 Å². The topological polar surface area (TPSA) is 111 Å². The zero-order valence-corrected chi connectivity index (χ0v) is 25.9. The van der Waals surface area contributed by atoms with Crippen molar-refractivity contribution >= 4 is 17.7 Å². The van der Waals surface area contributed by atoms with Crippen LogP contribution >= 0.6 is 11.8 Å². The SMILES string of the molecule is CC(=O)NCc1ccccc1-c1ccc([C@H]2O[C@@H](CSc3nnnn3-c3ccccc3)[C@@H](C)[C@@H](c3ccc(CO)cc3)O2)cc1. The minimum Gasteiger partial charge on any atom is -0.392 e. The summed E-state index contributed by atoms with van der Waals surface area (Å²) in [6, 6.07) is 34.0. The summed E-state index contributed by atoms with van der Waals surface area (Å²) in [6.45, 7) is 4.11. The van der Waals surface area contributed by atoms with Gasteiger partial charge in [0.15, 0.2) is 6.29 Å². The highest BCUT2D eigenvalue weighted by Crippen LogP contribution is 2.43. The van der Waals surface area contributed by atoms with Gasteiger partial charge in [-0.05, 0) is 50.4 Å². The van der Waals surface area contributed by atoms with Gasteiger partial charge in [0.2, 0.25) is 11.1 Å². The molecule has 0 radical (unpaired) electrons. The smallest absolute Gasteiger partial charge is 0.217 e. The van der Waals surface area contributed by atoms with Crippen LogP contribution in [0.25, 0.3) is 16.8 Å². The maximum atomic E-state index is 11.5. The number of hydrogen-bond acceptors (Lipinski definition) is 8. The van der Waals surface area contributed by atoms with Crippen LogP contribution in [0.4, 0.5) is 0 Å². The molecule has 1 aliphatic heterocycles. The molecule has 2 heterocycles. The van der Waals surface area contributed by atoms with E-state index in [1.165, 1.54) is 6.92 Å². The van der Waals surface area contributed by atoms with E-state index in [1.54, 1.807) is 16.4 Å². The first-order valence-corrected chi connectivity index (χ1v) is 15.9. The predicted molar refractivity (Wildman–Crippen MR) is 172 cm³/mol. The molecule has 0 spiro atoms. The number of aromatic nitrogens is 4. The lowest BCUT2D eigenvalue weighted by Gasteiger charge is -2.41. The minimum absolute atomic E-state index is 0.0111. The van der Waals surface area contributed by atoms with Crippen LogP contribution in [0.2, 0.25) is 0 Å². The molecule has 1 fully saturated rings. The minimum atomic E-state index is -0.594. The van der Waals surface area contributed by atoms with Crippen molar-refractivity contribution < 1.29 is 19.4 Å². The second-order valence-electron chi connectivity index (χ2n) is 11.0. The monoisotopic (exact) mass is 621 g/mol. The molecule has 4 atom stereocenters. The van der Waals surface area contributed by atoms with Crippen LogP contribution < -0.4 is 5.32 Å². The zero-order chi connectivity index (χ0) is 31.2. The van der Waals surface area contributed by atoms with Crippen molar-refractivity contribution in [1.82, 2.24) is 25.5 Å².